The predicted octanol–water partition coefficient (Wildman–Crippen LogP) is 6.43. The molecule has 0 spiro atoms. The summed E-state index contributed by atoms with van der Waals surface area (Å²) in [5.41, 5.74) is 4.94. The summed E-state index contributed by atoms with van der Waals surface area (Å²) in [6.07, 6.45) is -0.590. The third kappa shape index (κ3) is 4.96. The van der Waals surface area contributed by atoms with Gasteiger partial charge in [0.05, 0.1) is 22.2 Å². The molecule has 1 aliphatic rings. The molecule has 0 aliphatic heterocycles. The largest absolute Gasteiger partial charge is 0.396 e. The first-order valence-electron chi connectivity index (χ1n) is 10.1. The molecule has 11 heteroatoms. The maximum absolute atomic E-state index is 14.4. The quantitative estimate of drug-likeness (QED) is 0.162. The van der Waals surface area contributed by atoms with Crippen LogP contribution in [0.2, 0.25) is 5.02 Å². The van der Waals surface area contributed by atoms with E-state index in [1.54, 1.807) is 0 Å². The van der Waals surface area contributed by atoms with E-state index < -0.39 is 63.1 Å². The summed E-state index contributed by atoms with van der Waals surface area (Å²) in [7, 11) is 0. The molecule has 1 aliphatic carbocycles. The number of hydrogen-bond donors (Lipinski definition) is 2. The Kier molecular flexibility index (Phi) is 6.74. The molecule has 1 amide bonds. The first kappa shape index (κ1) is 25.3. The summed E-state index contributed by atoms with van der Waals surface area (Å²) in [5, 5.41) is 2.37. The normalized spacial score (nSPS) is 18.3. The van der Waals surface area contributed by atoms with Gasteiger partial charge in [-0.15, -0.1) is 23.2 Å². The molecular weight excluding hydrogens is 531 g/mol. The lowest BCUT2D eigenvalue weighted by Crippen LogP contribution is -2.18. The van der Waals surface area contributed by atoms with Gasteiger partial charge in [0.15, 0.2) is 5.78 Å². The topological polar surface area (TPSA) is 72.2 Å². The molecule has 0 aromatic heterocycles. The summed E-state index contributed by atoms with van der Waals surface area (Å²) < 4.78 is 53.7. The van der Waals surface area contributed by atoms with Crippen molar-refractivity contribution in [3.63, 3.8) is 0 Å². The molecule has 0 unspecified atom stereocenters. The van der Waals surface area contributed by atoms with Gasteiger partial charge in [0.2, 0.25) is 5.91 Å². The van der Waals surface area contributed by atoms with Crippen LogP contribution in [0.4, 0.5) is 28.9 Å². The Hall–Kier alpha value is -2.81. The maximum Gasteiger partial charge on any atom is 0.231 e. The van der Waals surface area contributed by atoms with Gasteiger partial charge < -0.3 is 11.1 Å². The molecule has 1 fully saturated rings. The zero-order chi connectivity index (χ0) is 25.7. The average molecular weight is 546 g/mol. The molecule has 1 saturated carbocycles. The first-order chi connectivity index (χ1) is 16.4. The molecule has 2 atom stereocenters. The molecule has 0 saturated heterocycles. The lowest BCUT2D eigenvalue weighted by molar-refractivity contribution is -0.117. The number of anilines is 2. The monoisotopic (exact) mass is 544 g/mol. The van der Waals surface area contributed by atoms with E-state index in [1.165, 1.54) is 18.2 Å². The van der Waals surface area contributed by atoms with E-state index in [-0.39, 0.29) is 22.0 Å². The highest BCUT2D eigenvalue weighted by Crippen LogP contribution is 2.65. The van der Waals surface area contributed by atoms with Crippen LogP contribution in [-0.2, 0) is 11.2 Å². The standard InChI is InChI=1S/C24H15Cl3F4N2O2/c25-14-5-10(1-3-16(14)29)21-22(24(21,26)27)23(35)33-12-2-4-15(28)13(8-12)20(34)7-11-6-19(32)18(31)9-17(11)30/h1-6,8-9,21-22H,7,32H2,(H,33,35)/t21-,22+/m0/s1. The fourth-order valence-corrected chi connectivity index (χ4v) is 4.84. The minimum Gasteiger partial charge on any atom is -0.396 e. The molecule has 4 rings (SSSR count). The van der Waals surface area contributed by atoms with Crippen LogP contribution in [0.15, 0.2) is 48.5 Å². The Morgan fingerprint density at radius 2 is 1.60 bits per heavy atom. The Bertz CT molecular complexity index is 1370. The van der Waals surface area contributed by atoms with Crippen LogP contribution in [0, 0.1) is 29.2 Å². The van der Waals surface area contributed by atoms with Crippen LogP contribution in [0.3, 0.4) is 0 Å². The number of amides is 1. The summed E-state index contributed by atoms with van der Waals surface area (Å²) in [6.45, 7) is 0. The number of carbonyl (C=O) groups is 2. The highest BCUT2D eigenvalue weighted by Gasteiger charge is 2.67. The van der Waals surface area contributed by atoms with Gasteiger partial charge in [-0.1, -0.05) is 17.7 Å². The molecule has 182 valence electrons. The lowest BCUT2D eigenvalue weighted by Gasteiger charge is -2.10. The van der Waals surface area contributed by atoms with Crippen molar-refractivity contribution < 1.29 is 27.2 Å². The molecule has 4 nitrogen and oxygen atoms in total. The molecule has 35 heavy (non-hydrogen) atoms. The van der Waals surface area contributed by atoms with Crippen molar-refractivity contribution in [2.24, 2.45) is 5.92 Å². The van der Waals surface area contributed by atoms with E-state index in [1.807, 2.05) is 0 Å². The molecule has 3 aromatic carbocycles. The van der Waals surface area contributed by atoms with Crippen molar-refractivity contribution in [2.75, 3.05) is 11.1 Å². The smallest absolute Gasteiger partial charge is 0.231 e. The van der Waals surface area contributed by atoms with Crippen LogP contribution < -0.4 is 11.1 Å². The zero-order valence-electron chi connectivity index (χ0n) is 17.5. The van der Waals surface area contributed by atoms with Gasteiger partial charge in [0, 0.05) is 24.1 Å². The van der Waals surface area contributed by atoms with Crippen molar-refractivity contribution >= 4 is 57.9 Å². The number of benzene rings is 3. The van der Waals surface area contributed by atoms with E-state index in [0.717, 1.165) is 24.3 Å². The van der Waals surface area contributed by atoms with Crippen LogP contribution >= 0.6 is 34.8 Å². The second-order valence-electron chi connectivity index (χ2n) is 8.05. The number of rotatable bonds is 6. The second kappa shape index (κ2) is 9.33. The number of nitrogen functional groups attached to an aromatic ring is 1. The first-order valence-corrected chi connectivity index (χ1v) is 11.2. The summed E-state index contributed by atoms with van der Waals surface area (Å²) in [6, 6.07) is 8.62. The highest BCUT2D eigenvalue weighted by atomic mass is 35.5. The van der Waals surface area contributed by atoms with Crippen molar-refractivity contribution in [1.82, 2.24) is 0 Å². The lowest BCUT2D eigenvalue weighted by atomic mass is 10.0. The third-order valence-electron chi connectivity index (χ3n) is 5.69. The van der Waals surface area contributed by atoms with Gasteiger partial charge in [0.1, 0.15) is 27.6 Å². The van der Waals surface area contributed by atoms with Gasteiger partial charge in [0.25, 0.3) is 0 Å². The van der Waals surface area contributed by atoms with Crippen LogP contribution in [0.25, 0.3) is 0 Å². The maximum atomic E-state index is 14.4. The Balaban J connectivity index is 1.52. The molecular formula is C24H15Cl3F4N2O2. The third-order valence-corrected chi connectivity index (χ3v) is 6.92. The second-order valence-corrected chi connectivity index (χ2v) is 9.90. The fraction of sp³-hybridized carbons (Fsp3) is 0.167. The Morgan fingerprint density at radius 3 is 2.29 bits per heavy atom. The number of carbonyl (C=O) groups excluding carboxylic acids is 2. The van der Waals surface area contributed by atoms with E-state index in [0.29, 0.717) is 11.6 Å². The Morgan fingerprint density at radius 1 is 0.914 bits per heavy atom. The van der Waals surface area contributed by atoms with Gasteiger partial charge in [-0.2, -0.15) is 0 Å². The van der Waals surface area contributed by atoms with Crippen LogP contribution in [-0.4, -0.2) is 16.0 Å². The molecule has 3 N–H and O–H groups in total. The number of Topliss-reactive ketones (excluding diaryl/α,β-unsaturated/α-hetero) is 1. The van der Waals surface area contributed by atoms with Crippen molar-refractivity contribution in [1.29, 1.82) is 0 Å². The van der Waals surface area contributed by atoms with Gasteiger partial charge >= 0.3 is 0 Å². The van der Waals surface area contributed by atoms with Crippen LogP contribution in [0.5, 0.6) is 0 Å². The highest BCUT2D eigenvalue weighted by molar-refractivity contribution is 6.53. The average Bonchev–Trinajstić information content (AvgIpc) is 3.37. The number of nitrogens with one attached hydrogen (secondary N) is 1. The van der Waals surface area contributed by atoms with Crippen molar-refractivity contribution in [3.05, 3.63) is 93.5 Å². The van der Waals surface area contributed by atoms with E-state index >= 15 is 0 Å². The van der Waals surface area contributed by atoms with Gasteiger partial charge in [-0.05, 0) is 47.5 Å². The molecule has 3 aromatic rings. The molecule has 0 radical (unpaired) electrons. The minimum absolute atomic E-state index is 0.0609. The number of ketones is 1. The Labute approximate surface area is 212 Å². The summed E-state index contributed by atoms with van der Waals surface area (Å²) in [4.78, 5) is 25.5. The predicted molar refractivity (Wildman–Crippen MR) is 126 cm³/mol. The van der Waals surface area contributed by atoms with Gasteiger partial charge in [-0.25, -0.2) is 17.6 Å². The van der Waals surface area contributed by atoms with E-state index in [2.05, 4.69) is 5.32 Å². The molecule has 0 heterocycles. The molecule has 0 bridgehead atoms. The number of hydrogen-bond acceptors (Lipinski definition) is 3. The van der Waals surface area contributed by atoms with E-state index in [4.69, 9.17) is 40.5 Å². The van der Waals surface area contributed by atoms with Crippen molar-refractivity contribution in [3.8, 4) is 0 Å². The number of halogens is 7. The number of nitrogens with two attached hydrogens (primary N) is 1. The summed E-state index contributed by atoms with van der Waals surface area (Å²) in [5.74, 6) is -6.59. The van der Waals surface area contributed by atoms with Crippen LogP contribution in [0.1, 0.15) is 27.4 Å². The minimum atomic E-state index is -1.50. The zero-order valence-corrected chi connectivity index (χ0v) is 19.8. The van der Waals surface area contributed by atoms with Crippen molar-refractivity contribution in [2.45, 2.75) is 16.7 Å². The number of alkyl halides is 2. The SMILES string of the molecule is Nc1cc(CC(=O)c2cc(NC(=O)[C@H]3[C@H](c4ccc(F)c(Cl)c4)C3(Cl)Cl)ccc2F)c(F)cc1F. The fourth-order valence-electron chi connectivity index (χ4n) is 3.83. The summed E-state index contributed by atoms with van der Waals surface area (Å²) >= 11 is 18.4. The van der Waals surface area contributed by atoms with Gasteiger partial charge in [-0.3, -0.25) is 9.59 Å². The van der Waals surface area contributed by atoms with E-state index in [9.17, 15) is 27.2 Å².